The molecule has 0 aromatic carbocycles. The van der Waals surface area contributed by atoms with Crippen molar-refractivity contribution in [3.63, 3.8) is 0 Å². The van der Waals surface area contributed by atoms with Crippen molar-refractivity contribution < 1.29 is 14.3 Å². The Morgan fingerprint density at radius 1 is 1.37 bits per heavy atom. The largest absolute Gasteiger partial charge is 0.382 e. The molecule has 6 nitrogen and oxygen atoms in total. The van der Waals surface area contributed by atoms with E-state index in [4.69, 9.17) is 21.1 Å². The van der Waals surface area contributed by atoms with Crippen LogP contribution in [0.1, 0.15) is 10.5 Å². The number of amides is 1. The maximum absolute atomic E-state index is 11.9. The normalized spacial score (nSPS) is 10.3. The Labute approximate surface area is 117 Å². The van der Waals surface area contributed by atoms with E-state index in [-0.39, 0.29) is 11.6 Å². The summed E-state index contributed by atoms with van der Waals surface area (Å²) >= 11 is 5.93. The van der Waals surface area contributed by atoms with Crippen molar-refractivity contribution in [2.24, 2.45) is 0 Å². The Morgan fingerprint density at radius 3 is 2.84 bits per heavy atom. The summed E-state index contributed by atoms with van der Waals surface area (Å²) in [6.07, 6.45) is 0. The van der Waals surface area contributed by atoms with Crippen LogP contribution in [0.5, 0.6) is 0 Å². The van der Waals surface area contributed by atoms with E-state index in [1.165, 1.54) is 0 Å². The van der Waals surface area contributed by atoms with Gasteiger partial charge in [-0.25, -0.2) is 4.98 Å². The minimum atomic E-state index is -0.322. The van der Waals surface area contributed by atoms with Crippen LogP contribution >= 0.6 is 11.6 Å². The minimum absolute atomic E-state index is 0.199. The number of carbonyl (C=O) groups excluding carboxylic acids is 1. The third kappa shape index (κ3) is 5.42. The van der Waals surface area contributed by atoms with Gasteiger partial charge in [-0.15, -0.1) is 0 Å². The van der Waals surface area contributed by atoms with Gasteiger partial charge in [0, 0.05) is 20.7 Å². The van der Waals surface area contributed by atoms with Crippen LogP contribution in [0.15, 0.2) is 12.1 Å². The molecule has 0 atom stereocenters. The average molecular weight is 288 g/mol. The summed E-state index contributed by atoms with van der Waals surface area (Å²) in [6.45, 7) is 1.84. The van der Waals surface area contributed by atoms with Gasteiger partial charge in [-0.05, 0) is 12.1 Å². The smallest absolute Gasteiger partial charge is 0.271 e. The zero-order valence-corrected chi connectivity index (χ0v) is 11.8. The molecule has 0 unspecified atom stereocenters. The van der Waals surface area contributed by atoms with Crippen molar-refractivity contribution in [1.82, 2.24) is 10.3 Å². The molecule has 0 saturated heterocycles. The Balaban J connectivity index is 2.40. The van der Waals surface area contributed by atoms with Crippen LogP contribution in [0.25, 0.3) is 0 Å². The van der Waals surface area contributed by atoms with E-state index in [2.05, 4.69) is 15.6 Å². The van der Waals surface area contributed by atoms with Crippen LogP contribution in [0, 0.1) is 0 Å². The first-order valence-corrected chi connectivity index (χ1v) is 6.26. The number of pyridine rings is 1. The average Bonchev–Trinajstić information content (AvgIpc) is 2.43. The second-order valence-corrected chi connectivity index (χ2v) is 4.05. The number of methoxy groups -OCH3 is 1. The first kappa shape index (κ1) is 15.7. The van der Waals surface area contributed by atoms with E-state index >= 15 is 0 Å². The van der Waals surface area contributed by atoms with Crippen molar-refractivity contribution >= 4 is 23.3 Å². The lowest BCUT2D eigenvalue weighted by molar-refractivity contribution is 0.0692. The molecule has 0 bridgehead atoms. The molecule has 1 rings (SSSR count). The van der Waals surface area contributed by atoms with Gasteiger partial charge in [0.1, 0.15) is 11.5 Å². The van der Waals surface area contributed by atoms with Crippen LogP contribution in [0.3, 0.4) is 0 Å². The molecule has 0 radical (unpaired) electrons. The molecule has 0 fully saturated rings. The maximum Gasteiger partial charge on any atom is 0.271 e. The van der Waals surface area contributed by atoms with Gasteiger partial charge in [0.2, 0.25) is 0 Å². The highest BCUT2D eigenvalue weighted by atomic mass is 35.5. The second kappa shape index (κ2) is 8.68. The predicted molar refractivity (Wildman–Crippen MR) is 73.8 cm³/mol. The lowest BCUT2D eigenvalue weighted by Crippen LogP contribution is -2.28. The van der Waals surface area contributed by atoms with Crippen LogP contribution < -0.4 is 10.6 Å². The maximum atomic E-state index is 11.9. The summed E-state index contributed by atoms with van der Waals surface area (Å²) in [5.74, 6) is 0.267. The number of nitrogens with zero attached hydrogens (tertiary/aromatic N) is 1. The standard InChI is InChI=1S/C12H18ClN3O3/c1-14-10-4-3-9(13)11(16-10)12(17)15-5-6-19-8-7-18-2/h3-4H,5-8H2,1-2H3,(H,14,16)(H,15,17). The summed E-state index contributed by atoms with van der Waals surface area (Å²) in [6, 6.07) is 3.33. The van der Waals surface area contributed by atoms with Gasteiger partial charge in [0.25, 0.3) is 5.91 Å². The fraction of sp³-hybridized carbons (Fsp3) is 0.500. The van der Waals surface area contributed by atoms with Crippen molar-refractivity contribution in [3.8, 4) is 0 Å². The molecule has 0 aliphatic rings. The summed E-state index contributed by atoms with van der Waals surface area (Å²) in [4.78, 5) is 16.0. The molecule has 106 valence electrons. The highest BCUT2D eigenvalue weighted by molar-refractivity contribution is 6.33. The highest BCUT2D eigenvalue weighted by Crippen LogP contribution is 2.16. The summed E-state index contributed by atoms with van der Waals surface area (Å²) in [5.41, 5.74) is 0.199. The Morgan fingerprint density at radius 2 is 2.16 bits per heavy atom. The van der Waals surface area contributed by atoms with E-state index in [1.54, 1.807) is 26.3 Å². The Kier molecular flexibility index (Phi) is 7.17. The molecule has 2 N–H and O–H groups in total. The molecule has 19 heavy (non-hydrogen) atoms. The molecule has 1 aromatic heterocycles. The summed E-state index contributed by atoms with van der Waals surface area (Å²) < 4.78 is 10.1. The number of hydrogen-bond donors (Lipinski definition) is 2. The SMILES string of the molecule is CNc1ccc(Cl)c(C(=O)NCCOCCOC)n1. The van der Waals surface area contributed by atoms with Gasteiger partial charge in [-0.1, -0.05) is 11.6 Å². The molecular weight excluding hydrogens is 270 g/mol. The Hall–Kier alpha value is -1.37. The predicted octanol–water partition coefficient (Wildman–Crippen LogP) is 1.17. The van der Waals surface area contributed by atoms with Crippen LogP contribution in [-0.2, 0) is 9.47 Å². The monoisotopic (exact) mass is 287 g/mol. The second-order valence-electron chi connectivity index (χ2n) is 3.64. The van der Waals surface area contributed by atoms with Crippen molar-refractivity contribution in [2.75, 3.05) is 45.8 Å². The number of ether oxygens (including phenoxy) is 2. The zero-order chi connectivity index (χ0) is 14.1. The van der Waals surface area contributed by atoms with Crippen LogP contribution in [-0.4, -0.2) is 51.4 Å². The minimum Gasteiger partial charge on any atom is -0.382 e. The number of anilines is 1. The topological polar surface area (TPSA) is 72.5 Å². The van der Waals surface area contributed by atoms with E-state index in [0.29, 0.717) is 37.2 Å². The molecule has 1 amide bonds. The van der Waals surface area contributed by atoms with E-state index in [0.717, 1.165) is 0 Å². The van der Waals surface area contributed by atoms with Gasteiger partial charge >= 0.3 is 0 Å². The van der Waals surface area contributed by atoms with Gasteiger partial charge < -0.3 is 20.1 Å². The third-order valence-corrected chi connectivity index (χ3v) is 2.59. The third-order valence-electron chi connectivity index (χ3n) is 2.28. The van der Waals surface area contributed by atoms with Crippen LogP contribution in [0.4, 0.5) is 5.82 Å². The fourth-order valence-electron chi connectivity index (χ4n) is 1.31. The van der Waals surface area contributed by atoms with Crippen molar-refractivity contribution in [2.45, 2.75) is 0 Å². The lowest BCUT2D eigenvalue weighted by Gasteiger charge is -2.08. The first-order valence-electron chi connectivity index (χ1n) is 5.88. The van der Waals surface area contributed by atoms with Crippen molar-refractivity contribution in [1.29, 1.82) is 0 Å². The summed E-state index contributed by atoms with van der Waals surface area (Å²) in [5, 5.41) is 5.86. The van der Waals surface area contributed by atoms with Gasteiger partial charge in [-0.3, -0.25) is 4.79 Å². The van der Waals surface area contributed by atoms with E-state index in [9.17, 15) is 4.79 Å². The van der Waals surface area contributed by atoms with E-state index in [1.807, 2.05) is 0 Å². The first-order chi connectivity index (χ1) is 9.19. The van der Waals surface area contributed by atoms with Gasteiger partial charge in [0.15, 0.2) is 0 Å². The molecule has 0 spiro atoms. The molecule has 1 heterocycles. The number of hydrogen-bond acceptors (Lipinski definition) is 5. The molecule has 0 saturated carbocycles. The lowest BCUT2D eigenvalue weighted by atomic mass is 10.3. The molecule has 0 aliphatic heterocycles. The number of halogens is 1. The number of carbonyl (C=O) groups is 1. The van der Waals surface area contributed by atoms with Crippen LogP contribution in [0.2, 0.25) is 5.02 Å². The van der Waals surface area contributed by atoms with E-state index < -0.39 is 0 Å². The molecule has 0 aliphatic carbocycles. The number of nitrogens with one attached hydrogen (secondary N) is 2. The highest BCUT2D eigenvalue weighted by Gasteiger charge is 2.12. The zero-order valence-electron chi connectivity index (χ0n) is 11.0. The van der Waals surface area contributed by atoms with Gasteiger partial charge in [0.05, 0.1) is 24.8 Å². The van der Waals surface area contributed by atoms with Gasteiger partial charge in [-0.2, -0.15) is 0 Å². The quantitative estimate of drug-likeness (QED) is 0.702. The fourth-order valence-corrected chi connectivity index (χ4v) is 1.50. The molecular formula is C12H18ClN3O3. The Bertz CT molecular complexity index is 415. The van der Waals surface area contributed by atoms with Crippen molar-refractivity contribution in [3.05, 3.63) is 22.8 Å². The molecule has 7 heteroatoms. The summed E-state index contributed by atoms with van der Waals surface area (Å²) in [7, 11) is 3.33. The molecule has 1 aromatic rings. The number of aromatic nitrogens is 1. The number of rotatable bonds is 8.